The van der Waals surface area contributed by atoms with Gasteiger partial charge in [0, 0.05) is 36.9 Å². The number of carbonyl (C=O) groups excluding carboxylic acids is 2. The predicted octanol–water partition coefficient (Wildman–Crippen LogP) is 2.35. The Hall–Kier alpha value is -1.63. The first-order valence-electron chi connectivity index (χ1n) is 9.20. The number of hydrogen-bond acceptors (Lipinski definition) is 4. The molecule has 144 valence electrons. The molecule has 2 heterocycles. The third-order valence-electron chi connectivity index (χ3n) is 4.93. The Morgan fingerprint density at radius 3 is 2.50 bits per heavy atom. The van der Waals surface area contributed by atoms with Gasteiger partial charge in [-0.15, -0.1) is 12.4 Å². The van der Waals surface area contributed by atoms with Crippen LogP contribution in [0, 0.1) is 5.92 Å². The van der Waals surface area contributed by atoms with E-state index in [1.165, 1.54) is 0 Å². The maximum absolute atomic E-state index is 12.3. The van der Waals surface area contributed by atoms with Crippen molar-refractivity contribution >= 4 is 29.9 Å². The average molecular weight is 382 g/mol. The maximum atomic E-state index is 12.3. The van der Waals surface area contributed by atoms with Crippen molar-refractivity contribution in [2.24, 2.45) is 5.92 Å². The van der Waals surface area contributed by atoms with Gasteiger partial charge in [0.15, 0.2) is 0 Å². The van der Waals surface area contributed by atoms with Gasteiger partial charge in [-0.05, 0) is 69.0 Å². The number of halogens is 1. The monoisotopic (exact) mass is 381 g/mol. The van der Waals surface area contributed by atoms with Crippen molar-refractivity contribution in [3.63, 3.8) is 0 Å². The van der Waals surface area contributed by atoms with Crippen LogP contribution < -0.4 is 16.0 Å². The minimum Gasteiger partial charge on any atom is -0.381 e. The number of hydrogen-bond donors (Lipinski definition) is 3. The van der Waals surface area contributed by atoms with Gasteiger partial charge < -0.3 is 20.7 Å². The molecule has 2 fully saturated rings. The lowest BCUT2D eigenvalue weighted by molar-refractivity contribution is -0.116. The summed E-state index contributed by atoms with van der Waals surface area (Å²) in [6.07, 6.45) is 4.33. The summed E-state index contributed by atoms with van der Waals surface area (Å²) in [5, 5.41) is 9.26. The lowest BCUT2D eigenvalue weighted by Gasteiger charge is -2.23. The quantitative estimate of drug-likeness (QED) is 0.706. The summed E-state index contributed by atoms with van der Waals surface area (Å²) >= 11 is 0. The fraction of sp³-hybridized carbons (Fsp3) is 0.579. The van der Waals surface area contributed by atoms with E-state index in [-0.39, 0.29) is 30.3 Å². The van der Waals surface area contributed by atoms with E-state index >= 15 is 0 Å². The lowest BCUT2D eigenvalue weighted by Crippen LogP contribution is -2.38. The number of rotatable bonds is 6. The molecule has 3 N–H and O–H groups in total. The smallest absolute Gasteiger partial charge is 0.251 e. The van der Waals surface area contributed by atoms with Crippen LogP contribution in [-0.4, -0.2) is 44.2 Å². The first kappa shape index (κ1) is 20.7. The zero-order valence-corrected chi connectivity index (χ0v) is 15.8. The van der Waals surface area contributed by atoms with Gasteiger partial charge in [-0.25, -0.2) is 0 Å². The van der Waals surface area contributed by atoms with Crippen LogP contribution in [0.4, 0.5) is 5.69 Å². The molecular formula is C19H28ClN3O3. The molecule has 2 aliphatic heterocycles. The highest BCUT2D eigenvalue weighted by Gasteiger charge is 2.17. The summed E-state index contributed by atoms with van der Waals surface area (Å²) in [4.78, 5) is 24.3. The van der Waals surface area contributed by atoms with Crippen LogP contribution >= 0.6 is 12.4 Å². The molecule has 2 aliphatic rings. The molecule has 1 aromatic carbocycles. The van der Waals surface area contributed by atoms with Gasteiger partial charge in [-0.1, -0.05) is 0 Å². The number of amides is 2. The maximum Gasteiger partial charge on any atom is 0.251 e. The van der Waals surface area contributed by atoms with Crippen molar-refractivity contribution in [1.29, 1.82) is 0 Å². The van der Waals surface area contributed by atoms with Crippen LogP contribution in [0.5, 0.6) is 0 Å². The van der Waals surface area contributed by atoms with Crippen molar-refractivity contribution in [2.45, 2.75) is 38.1 Å². The van der Waals surface area contributed by atoms with Crippen LogP contribution in [0.25, 0.3) is 0 Å². The molecule has 2 saturated heterocycles. The van der Waals surface area contributed by atoms with Crippen LogP contribution in [0.1, 0.15) is 42.5 Å². The van der Waals surface area contributed by atoms with E-state index in [9.17, 15) is 9.59 Å². The average Bonchev–Trinajstić information content (AvgIpc) is 3.15. The molecule has 0 saturated carbocycles. The molecule has 1 atom stereocenters. The summed E-state index contributed by atoms with van der Waals surface area (Å²) in [5.41, 5.74) is 1.35. The van der Waals surface area contributed by atoms with Crippen molar-refractivity contribution in [2.75, 3.05) is 31.6 Å². The van der Waals surface area contributed by atoms with E-state index in [0.29, 0.717) is 31.1 Å². The Balaban J connectivity index is 0.00000243. The van der Waals surface area contributed by atoms with Crippen LogP contribution in [-0.2, 0) is 9.53 Å². The topological polar surface area (TPSA) is 79.5 Å². The van der Waals surface area contributed by atoms with Crippen molar-refractivity contribution in [3.05, 3.63) is 29.8 Å². The second-order valence-corrected chi connectivity index (χ2v) is 6.88. The molecule has 0 radical (unpaired) electrons. The van der Waals surface area contributed by atoms with E-state index in [0.717, 1.165) is 44.5 Å². The molecule has 26 heavy (non-hydrogen) atoms. The van der Waals surface area contributed by atoms with Crippen molar-refractivity contribution < 1.29 is 14.3 Å². The van der Waals surface area contributed by atoms with E-state index in [1.807, 2.05) is 0 Å². The molecule has 7 heteroatoms. The normalized spacial score (nSPS) is 20.2. The number of anilines is 1. The highest BCUT2D eigenvalue weighted by molar-refractivity contribution is 5.96. The number of carbonyl (C=O) groups is 2. The van der Waals surface area contributed by atoms with Gasteiger partial charge in [0.05, 0.1) is 0 Å². The standard InChI is InChI=1S/C19H27N3O3.ClH/c23-18(6-1-14-7-10-20-13-14)21-16-4-2-15(3-5-16)19(24)22-17-8-11-25-12-9-17;/h2-5,14,17,20H,1,6-13H2,(H,21,23)(H,22,24);1H. The molecule has 0 spiro atoms. The third kappa shape index (κ3) is 6.27. The molecule has 6 nitrogen and oxygen atoms in total. The predicted molar refractivity (Wildman–Crippen MR) is 104 cm³/mol. The van der Waals surface area contributed by atoms with Gasteiger partial charge in [0.25, 0.3) is 5.91 Å². The Labute approximate surface area is 160 Å². The number of nitrogens with one attached hydrogen (secondary N) is 3. The number of benzene rings is 1. The van der Waals surface area contributed by atoms with Crippen LogP contribution in [0.3, 0.4) is 0 Å². The first-order chi connectivity index (χ1) is 12.2. The third-order valence-corrected chi connectivity index (χ3v) is 4.93. The zero-order chi connectivity index (χ0) is 17.5. The SMILES string of the molecule is Cl.O=C(CCC1CCNC1)Nc1ccc(C(=O)NC2CCOCC2)cc1. The molecule has 0 bridgehead atoms. The van der Waals surface area contributed by atoms with Crippen LogP contribution in [0.15, 0.2) is 24.3 Å². The summed E-state index contributed by atoms with van der Waals surface area (Å²) < 4.78 is 5.30. The van der Waals surface area contributed by atoms with E-state index in [4.69, 9.17) is 4.74 Å². The Morgan fingerprint density at radius 2 is 1.85 bits per heavy atom. The first-order valence-corrected chi connectivity index (χ1v) is 9.20. The van der Waals surface area contributed by atoms with Gasteiger partial charge in [-0.2, -0.15) is 0 Å². The Kier molecular flexibility index (Phi) is 8.35. The fourth-order valence-corrected chi connectivity index (χ4v) is 3.34. The Morgan fingerprint density at radius 1 is 1.12 bits per heavy atom. The largest absolute Gasteiger partial charge is 0.381 e. The van der Waals surface area contributed by atoms with Crippen molar-refractivity contribution in [1.82, 2.24) is 10.6 Å². The molecule has 0 aliphatic carbocycles. The van der Waals surface area contributed by atoms with E-state index in [1.54, 1.807) is 24.3 Å². The molecule has 1 unspecified atom stereocenters. The van der Waals surface area contributed by atoms with Crippen molar-refractivity contribution in [3.8, 4) is 0 Å². The second-order valence-electron chi connectivity index (χ2n) is 6.88. The summed E-state index contributed by atoms with van der Waals surface area (Å²) in [6.45, 7) is 3.48. The molecule has 1 aromatic rings. The summed E-state index contributed by atoms with van der Waals surface area (Å²) in [5.74, 6) is 0.576. The zero-order valence-electron chi connectivity index (χ0n) is 15.0. The minimum absolute atomic E-state index is 0. The minimum atomic E-state index is -0.0708. The van der Waals surface area contributed by atoms with Gasteiger partial charge in [0.2, 0.25) is 5.91 Å². The van der Waals surface area contributed by atoms with E-state index < -0.39 is 0 Å². The summed E-state index contributed by atoms with van der Waals surface area (Å²) in [7, 11) is 0. The fourth-order valence-electron chi connectivity index (χ4n) is 3.34. The molecule has 0 aromatic heterocycles. The Bertz CT molecular complexity index is 582. The molecular weight excluding hydrogens is 354 g/mol. The highest BCUT2D eigenvalue weighted by atomic mass is 35.5. The lowest BCUT2D eigenvalue weighted by atomic mass is 10.0. The second kappa shape index (κ2) is 10.5. The molecule has 3 rings (SSSR count). The summed E-state index contributed by atoms with van der Waals surface area (Å²) in [6, 6.07) is 7.27. The van der Waals surface area contributed by atoms with E-state index in [2.05, 4.69) is 16.0 Å². The number of ether oxygens (including phenoxy) is 1. The molecule has 2 amide bonds. The highest BCUT2D eigenvalue weighted by Crippen LogP contribution is 2.16. The van der Waals surface area contributed by atoms with Gasteiger partial charge >= 0.3 is 0 Å². The van der Waals surface area contributed by atoms with Crippen LogP contribution in [0.2, 0.25) is 0 Å². The van der Waals surface area contributed by atoms with Gasteiger partial charge in [-0.3, -0.25) is 9.59 Å². The van der Waals surface area contributed by atoms with Gasteiger partial charge in [0.1, 0.15) is 0 Å².